The third-order valence-electron chi connectivity index (χ3n) is 3.08. The number of ether oxygens (including phenoxy) is 1. The first-order chi connectivity index (χ1) is 11.7. The van der Waals surface area contributed by atoms with E-state index in [0.29, 0.717) is 16.8 Å². The van der Waals surface area contributed by atoms with Gasteiger partial charge in [-0.05, 0) is 42.8 Å². The molecule has 1 N–H and O–H groups in total. The SMILES string of the molecule is CC(=O)c1cccc(NC(=O)/C=C/c2ccc(OC(F)(F)F)cc2)c1. The first kappa shape index (κ1) is 18.3. The topological polar surface area (TPSA) is 55.4 Å². The van der Waals surface area contributed by atoms with Crippen LogP contribution in [-0.4, -0.2) is 18.1 Å². The van der Waals surface area contributed by atoms with Gasteiger partial charge in [-0.1, -0.05) is 24.3 Å². The minimum absolute atomic E-state index is 0.118. The molecule has 0 unspecified atom stereocenters. The molecule has 0 aliphatic heterocycles. The lowest BCUT2D eigenvalue weighted by Crippen LogP contribution is -2.16. The molecule has 7 heteroatoms. The van der Waals surface area contributed by atoms with Gasteiger partial charge in [0.2, 0.25) is 5.91 Å². The number of alkyl halides is 3. The number of carbonyl (C=O) groups is 2. The quantitative estimate of drug-likeness (QED) is 0.641. The van der Waals surface area contributed by atoms with Crippen molar-refractivity contribution in [3.63, 3.8) is 0 Å². The summed E-state index contributed by atoms with van der Waals surface area (Å²) in [6, 6.07) is 11.6. The number of hydrogen-bond donors (Lipinski definition) is 1. The van der Waals surface area contributed by atoms with Crippen molar-refractivity contribution in [2.24, 2.45) is 0 Å². The predicted molar refractivity (Wildman–Crippen MR) is 87.2 cm³/mol. The molecule has 1 amide bonds. The molecule has 0 aliphatic carbocycles. The van der Waals surface area contributed by atoms with Gasteiger partial charge in [-0.2, -0.15) is 0 Å². The average Bonchev–Trinajstić information content (AvgIpc) is 2.53. The van der Waals surface area contributed by atoms with E-state index in [0.717, 1.165) is 12.1 Å². The number of benzene rings is 2. The number of halogens is 3. The largest absolute Gasteiger partial charge is 0.573 e. The molecule has 0 aromatic heterocycles. The van der Waals surface area contributed by atoms with E-state index in [1.54, 1.807) is 24.3 Å². The highest BCUT2D eigenvalue weighted by Crippen LogP contribution is 2.23. The second-order valence-corrected chi connectivity index (χ2v) is 5.08. The monoisotopic (exact) mass is 349 g/mol. The first-order valence-electron chi connectivity index (χ1n) is 7.19. The van der Waals surface area contributed by atoms with E-state index < -0.39 is 12.3 Å². The number of carbonyl (C=O) groups excluding carboxylic acids is 2. The normalized spacial score (nSPS) is 11.4. The fourth-order valence-corrected chi connectivity index (χ4v) is 1.95. The molecule has 0 fully saturated rings. The van der Waals surface area contributed by atoms with E-state index in [9.17, 15) is 22.8 Å². The van der Waals surface area contributed by atoms with Gasteiger partial charge in [-0.25, -0.2) is 0 Å². The van der Waals surface area contributed by atoms with Crippen molar-refractivity contribution in [3.05, 3.63) is 65.7 Å². The number of ketones is 1. The molecule has 2 aromatic rings. The number of nitrogens with one attached hydrogen (secondary N) is 1. The second kappa shape index (κ2) is 7.65. The Morgan fingerprint density at radius 2 is 1.76 bits per heavy atom. The van der Waals surface area contributed by atoms with Crippen molar-refractivity contribution in [2.45, 2.75) is 13.3 Å². The fraction of sp³-hybridized carbons (Fsp3) is 0.111. The zero-order valence-electron chi connectivity index (χ0n) is 13.1. The molecular formula is C18H14F3NO3. The summed E-state index contributed by atoms with van der Waals surface area (Å²) in [6.45, 7) is 1.42. The summed E-state index contributed by atoms with van der Waals surface area (Å²) in [5.41, 5.74) is 1.47. The molecule has 0 radical (unpaired) electrons. The van der Waals surface area contributed by atoms with Crippen molar-refractivity contribution >= 4 is 23.5 Å². The Bertz CT molecular complexity index is 796. The van der Waals surface area contributed by atoms with Gasteiger partial charge in [0, 0.05) is 17.3 Å². The van der Waals surface area contributed by atoms with Crippen molar-refractivity contribution < 1.29 is 27.5 Å². The van der Waals surface area contributed by atoms with Crippen molar-refractivity contribution in [2.75, 3.05) is 5.32 Å². The molecule has 0 bridgehead atoms. The third kappa shape index (κ3) is 6.14. The summed E-state index contributed by atoms with van der Waals surface area (Å²) < 4.78 is 40.0. The zero-order chi connectivity index (χ0) is 18.4. The van der Waals surface area contributed by atoms with E-state index in [1.165, 1.54) is 31.2 Å². The first-order valence-corrected chi connectivity index (χ1v) is 7.19. The highest BCUT2D eigenvalue weighted by molar-refractivity contribution is 6.03. The van der Waals surface area contributed by atoms with E-state index in [2.05, 4.69) is 10.1 Å². The maximum Gasteiger partial charge on any atom is 0.573 e. The molecule has 130 valence electrons. The molecule has 4 nitrogen and oxygen atoms in total. The highest BCUT2D eigenvalue weighted by Gasteiger charge is 2.30. The molecule has 2 aromatic carbocycles. The number of anilines is 1. The number of amides is 1. The van der Waals surface area contributed by atoms with Gasteiger partial charge >= 0.3 is 6.36 Å². The Balaban J connectivity index is 1.98. The van der Waals surface area contributed by atoms with Gasteiger partial charge in [-0.15, -0.1) is 13.2 Å². The van der Waals surface area contributed by atoms with Crippen molar-refractivity contribution in [1.29, 1.82) is 0 Å². The van der Waals surface area contributed by atoms with Crippen LogP contribution in [0.3, 0.4) is 0 Å². The van der Waals surface area contributed by atoms with Crippen LogP contribution in [-0.2, 0) is 4.79 Å². The van der Waals surface area contributed by atoms with Gasteiger partial charge in [0.25, 0.3) is 0 Å². The Hall–Kier alpha value is -3.09. The van der Waals surface area contributed by atoms with E-state index in [1.807, 2.05) is 0 Å². The van der Waals surface area contributed by atoms with Crippen LogP contribution in [0.1, 0.15) is 22.8 Å². The zero-order valence-corrected chi connectivity index (χ0v) is 13.1. The van der Waals surface area contributed by atoms with E-state index in [4.69, 9.17) is 0 Å². The van der Waals surface area contributed by atoms with Crippen LogP contribution in [0.25, 0.3) is 6.08 Å². The summed E-state index contributed by atoms with van der Waals surface area (Å²) in [4.78, 5) is 23.2. The molecular weight excluding hydrogens is 335 g/mol. The Morgan fingerprint density at radius 3 is 2.36 bits per heavy atom. The predicted octanol–water partition coefficient (Wildman–Crippen LogP) is 4.44. The maximum absolute atomic E-state index is 12.1. The fourth-order valence-electron chi connectivity index (χ4n) is 1.95. The molecule has 0 atom stereocenters. The van der Waals surface area contributed by atoms with Crippen LogP contribution in [0, 0.1) is 0 Å². The molecule has 0 spiro atoms. The number of hydrogen-bond acceptors (Lipinski definition) is 3. The van der Waals surface area contributed by atoms with Gasteiger partial charge in [-0.3, -0.25) is 9.59 Å². The Labute approximate surface area is 141 Å². The van der Waals surface area contributed by atoms with Crippen LogP contribution in [0.5, 0.6) is 5.75 Å². The molecule has 2 rings (SSSR count). The van der Waals surface area contributed by atoms with Crippen LogP contribution < -0.4 is 10.1 Å². The second-order valence-electron chi connectivity index (χ2n) is 5.08. The summed E-state index contributed by atoms with van der Waals surface area (Å²) in [5, 5.41) is 2.60. The smallest absolute Gasteiger partial charge is 0.406 e. The van der Waals surface area contributed by atoms with Gasteiger partial charge in [0.15, 0.2) is 5.78 Å². The van der Waals surface area contributed by atoms with Crippen molar-refractivity contribution in [1.82, 2.24) is 0 Å². The van der Waals surface area contributed by atoms with E-state index >= 15 is 0 Å². The Kier molecular flexibility index (Phi) is 5.59. The number of Topliss-reactive ketones (excluding diaryl/α,β-unsaturated/α-hetero) is 1. The average molecular weight is 349 g/mol. The summed E-state index contributed by atoms with van der Waals surface area (Å²) >= 11 is 0. The molecule has 0 saturated carbocycles. The summed E-state index contributed by atoms with van der Waals surface area (Å²) in [6.07, 6.45) is -2.06. The maximum atomic E-state index is 12.1. The third-order valence-corrected chi connectivity index (χ3v) is 3.08. The lowest BCUT2D eigenvalue weighted by molar-refractivity contribution is -0.274. The number of rotatable bonds is 5. The van der Waals surface area contributed by atoms with Gasteiger partial charge < -0.3 is 10.1 Å². The Morgan fingerprint density at radius 1 is 1.08 bits per heavy atom. The van der Waals surface area contributed by atoms with Crippen molar-refractivity contribution in [3.8, 4) is 5.75 Å². The van der Waals surface area contributed by atoms with Crippen LogP contribution in [0.4, 0.5) is 18.9 Å². The van der Waals surface area contributed by atoms with Crippen LogP contribution >= 0.6 is 0 Å². The van der Waals surface area contributed by atoms with Crippen LogP contribution in [0.15, 0.2) is 54.6 Å². The molecule has 0 saturated heterocycles. The van der Waals surface area contributed by atoms with Gasteiger partial charge in [0.05, 0.1) is 0 Å². The highest BCUT2D eigenvalue weighted by atomic mass is 19.4. The minimum Gasteiger partial charge on any atom is -0.406 e. The van der Waals surface area contributed by atoms with E-state index in [-0.39, 0.29) is 11.5 Å². The lowest BCUT2D eigenvalue weighted by Gasteiger charge is -2.08. The van der Waals surface area contributed by atoms with Crippen LogP contribution in [0.2, 0.25) is 0 Å². The lowest BCUT2D eigenvalue weighted by atomic mass is 10.1. The molecule has 0 heterocycles. The van der Waals surface area contributed by atoms with Gasteiger partial charge in [0.1, 0.15) is 5.75 Å². The summed E-state index contributed by atoms with van der Waals surface area (Å²) in [7, 11) is 0. The minimum atomic E-state index is -4.74. The molecule has 0 aliphatic rings. The summed E-state index contributed by atoms with van der Waals surface area (Å²) in [5.74, 6) is -0.890. The molecule has 25 heavy (non-hydrogen) atoms. The standard InChI is InChI=1S/C18H14F3NO3/c1-12(23)14-3-2-4-15(11-14)22-17(24)10-7-13-5-8-16(9-6-13)25-18(19,20)21/h2-11H,1H3,(H,22,24)/b10-7+.